The van der Waals surface area contributed by atoms with Crippen LogP contribution in [-0.4, -0.2) is 25.0 Å². The Balaban J connectivity index is 3.51. The smallest absolute Gasteiger partial charge is 0.155 e. The van der Waals surface area contributed by atoms with Gasteiger partial charge < -0.3 is 15.2 Å². The first-order valence-electron chi connectivity index (χ1n) is 4.61. The Bertz CT molecular complexity index is 96.7. The van der Waals surface area contributed by atoms with Crippen molar-refractivity contribution in [1.82, 2.24) is 0 Å². The number of hydrogen-bond acceptors (Lipinski definition) is 3. The Hall–Kier alpha value is -0.120. The van der Waals surface area contributed by atoms with Gasteiger partial charge in [0.15, 0.2) is 6.29 Å². The Kier molecular flexibility index (Phi) is 6.34. The van der Waals surface area contributed by atoms with Crippen LogP contribution in [0.2, 0.25) is 0 Å². The van der Waals surface area contributed by atoms with E-state index in [-0.39, 0.29) is 18.5 Å². The van der Waals surface area contributed by atoms with Crippen molar-refractivity contribution < 1.29 is 9.47 Å². The van der Waals surface area contributed by atoms with Gasteiger partial charge in [0.1, 0.15) is 0 Å². The molecule has 3 heteroatoms. The predicted octanol–water partition coefficient (Wildman–Crippen LogP) is 1.51. The van der Waals surface area contributed by atoms with E-state index in [4.69, 9.17) is 15.2 Å². The van der Waals surface area contributed by atoms with Gasteiger partial charge in [0.2, 0.25) is 0 Å². The number of nitrogens with two attached hydrogens (primary N) is 1. The molecule has 12 heavy (non-hydrogen) atoms. The van der Waals surface area contributed by atoms with Gasteiger partial charge in [0.25, 0.3) is 0 Å². The zero-order valence-electron chi connectivity index (χ0n) is 8.54. The van der Waals surface area contributed by atoms with Crippen molar-refractivity contribution in [3.8, 4) is 0 Å². The van der Waals surface area contributed by atoms with Gasteiger partial charge >= 0.3 is 0 Å². The molecule has 2 N–H and O–H groups in total. The molecule has 0 amide bonds. The fourth-order valence-electron chi connectivity index (χ4n) is 0.838. The molecular formula is C9H21NO2. The summed E-state index contributed by atoms with van der Waals surface area (Å²) in [5.41, 5.74) is 5.40. The van der Waals surface area contributed by atoms with Crippen LogP contribution in [0, 0.1) is 0 Å². The second-order valence-electron chi connectivity index (χ2n) is 3.10. The lowest BCUT2D eigenvalue weighted by Gasteiger charge is -2.21. The van der Waals surface area contributed by atoms with Crippen LogP contribution < -0.4 is 5.73 Å². The van der Waals surface area contributed by atoms with Crippen LogP contribution in [0.3, 0.4) is 0 Å². The average Bonchev–Trinajstić information content (AvgIpc) is 2.03. The summed E-state index contributed by atoms with van der Waals surface area (Å²) in [6.45, 7) is 8.50. The highest BCUT2D eigenvalue weighted by Crippen LogP contribution is 2.04. The normalized spacial score (nSPS) is 18.8. The molecule has 0 aliphatic rings. The first-order chi connectivity index (χ1) is 5.60. The van der Waals surface area contributed by atoms with Crippen molar-refractivity contribution in [3.05, 3.63) is 0 Å². The molecule has 0 saturated heterocycles. The minimum Gasteiger partial charge on any atom is -0.350 e. The van der Waals surface area contributed by atoms with E-state index >= 15 is 0 Å². The standard InChI is InChI=1S/C9H21NO2/c1-5-7(2)11-9(4)12-8(3)6-10/h7-9H,5-6,10H2,1-4H3. The predicted molar refractivity (Wildman–Crippen MR) is 49.9 cm³/mol. The molecule has 0 aromatic carbocycles. The van der Waals surface area contributed by atoms with Crippen LogP contribution in [0.1, 0.15) is 34.1 Å². The van der Waals surface area contributed by atoms with E-state index in [2.05, 4.69) is 6.92 Å². The molecule has 0 aromatic heterocycles. The summed E-state index contributed by atoms with van der Waals surface area (Å²) >= 11 is 0. The molecule has 3 nitrogen and oxygen atoms in total. The van der Waals surface area contributed by atoms with Crippen LogP contribution in [0.5, 0.6) is 0 Å². The maximum Gasteiger partial charge on any atom is 0.155 e. The molecule has 0 aromatic rings. The maximum absolute atomic E-state index is 5.49. The average molecular weight is 175 g/mol. The lowest BCUT2D eigenvalue weighted by Crippen LogP contribution is -2.28. The van der Waals surface area contributed by atoms with Crippen LogP contribution in [0.25, 0.3) is 0 Å². The Labute approximate surface area is 75.2 Å². The van der Waals surface area contributed by atoms with E-state index in [1.165, 1.54) is 0 Å². The second kappa shape index (κ2) is 6.40. The molecule has 0 spiro atoms. The molecule has 0 aliphatic heterocycles. The molecule has 0 bridgehead atoms. The molecule has 0 saturated carbocycles. The first kappa shape index (κ1) is 11.9. The molecule has 0 fully saturated rings. The maximum atomic E-state index is 5.49. The molecule has 0 rings (SSSR count). The van der Waals surface area contributed by atoms with Crippen molar-refractivity contribution in [2.45, 2.75) is 52.6 Å². The number of ether oxygens (including phenoxy) is 2. The third kappa shape index (κ3) is 5.52. The van der Waals surface area contributed by atoms with Gasteiger partial charge in [-0.15, -0.1) is 0 Å². The minimum absolute atomic E-state index is 0.0732. The quantitative estimate of drug-likeness (QED) is 0.622. The number of hydrogen-bond donors (Lipinski definition) is 1. The summed E-state index contributed by atoms with van der Waals surface area (Å²) in [5, 5.41) is 0. The van der Waals surface area contributed by atoms with Crippen LogP contribution >= 0.6 is 0 Å². The highest BCUT2D eigenvalue weighted by molar-refractivity contribution is 4.51. The summed E-state index contributed by atoms with van der Waals surface area (Å²) in [6.07, 6.45) is 1.18. The summed E-state index contributed by atoms with van der Waals surface area (Å²) in [7, 11) is 0. The van der Waals surface area contributed by atoms with Crippen molar-refractivity contribution >= 4 is 0 Å². The molecular weight excluding hydrogens is 154 g/mol. The summed E-state index contributed by atoms with van der Waals surface area (Å²) in [6, 6.07) is 0. The molecule has 0 heterocycles. The van der Waals surface area contributed by atoms with Crippen molar-refractivity contribution in [1.29, 1.82) is 0 Å². The zero-order valence-corrected chi connectivity index (χ0v) is 8.54. The highest BCUT2D eigenvalue weighted by atomic mass is 16.7. The third-order valence-corrected chi connectivity index (χ3v) is 1.75. The summed E-state index contributed by atoms with van der Waals surface area (Å²) in [4.78, 5) is 0. The van der Waals surface area contributed by atoms with E-state index < -0.39 is 0 Å². The fraction of sp³-hybridized carbons (Fsp3) is 1.00. The van der Waals surface area contributed by atoms with Gasteiger partial charge in [0, 0.05) is 6.54 Å². The summed E-state index contributed by atoms with van der Waals surface area (Å²) < 4.78 is 10.9. The highest BCUT2D eigenvalue weighted by Gasteiger charge is 2.09. The second-order valence-corrected chi connectivity index (χ2v) is 3.10. The minimum atomic E-state index is -0.154. The van der Waals surface area contributed by atoms with E-state index in [1.807, 2.05) is 20.8 Å². The van der Waals surface area contributed by atoms with Crippen molar-refractivity contribution in [3.63, 3.8) is 0 Å². The topological polar surface area (TPSA) is 44.5 Å². The van der Waals surface area contributed by atoms with Gasteiger partial charge in [0.05, 0.1) is 12.2 Å². The largest absolute Gasteiger partial charge is 0.350 e. The lowest BCUT2D eigenvalue weighted by molar-refractivity contribution is -0.175. The van der Waals surface area contributed by atoms with Gasteiger partial charge in [-0.3, -0.25) is 0 Å². The van der Waals surface area contributed by atoms with Gasteiger partial charge in [-0.05, 0) is 27.2 Å². The Morgan fingerprint density at radius 2 is 1.58 bits per heavy atom. The molecule has 3 atom stereocenters. The molecule has 0 radical (unpaired) electrons. The van der Waals surface area contributed by atoms with E-state index in [0.29, 0.717) is 6.54 Å². The van der Waals surface area contributed by atoms with Crippen LogP contribution in [0.15, 0.2) is 0 Å². The fourth-order valence-corrected chi connectivity index (χ4v) is 0.838. The van der Waals surface area contributed by atoms with E-state index in [0.717, 1.165) is 6.42 Å². The monoisotopic (exact) mass is 175 g/mol. The van der Waals surface area contributed by atoms with Gasteiger partial charge in [-0.25, -0.2) is 0 Å². The van der Waals surface area contributed by atoms with Gasteiger partial charge in [-0.2, -0.15) is 0 Å². The summed E-state index contributed by atoms with van der Waals surface area (Å²) in [5.74, 6) is 0. The van der Waals surface area contributed by atoms with Crippen molar-refractivity contribution in [2.24, 2.45) is 5.73 Å². The van der Waals surface area contributed by atoms with E-state index in [1.54, 1.807) is 0 Å². The number of rotatable bonds is 6. The van der Waals surface area contributed by atoms with Crippen LogP contribution in [-0.2, 0) is 9.47 Å². The third-order valence-electron chi connectivity index (χ3n) is 1.75. The van der Waals surface area contributed by atoms with Gasteiger partial charge in [-0.1, -0.05) is 6.92 Å². The molecule has 0 aliphatic carbocycles. The Morgan fingerprint density at radius 1 is 1.08 bits per heavy atom. The lowest BCUT2D eigenvalue weighted by atomic mass is 10.3. The zero-order chi connectivity index (χ0) is 9.56. The first-order valence-corrected chi connectivity index (χ1v) is 4.61. The van der Waals surface area contributed by atoms with Crippen molar-refractivity contribution in [2.75, 3.05) is 6.54 Å². The molecule has 3 unspecified atom stereocenters. The Morgan fingerprint density at radius 3 is 2.00 bits per heavy atom. The van der Waals surface area contributed by atoms with Crippen LogP contribution in [0.4, 0.5) is 0 Å². The SMILES string of the molecule is CCC(C)OC(C)OC(C)CN. The van der Waals surface area contributed by atoms with E-state index in [9.17, 15) is 0 Å². The molecule has 74 valence electrons.